The van der Waals surface area contributed by atoms with Gasteiger partial charge in [-0.25, -0.2) is 4.39 Å². The largest absolute Gasteiger partial charge is 0.396 e. The summed E-state index contributed by atoms with van der Waals surface area (Å²) in [5, 5.41) is 0. The van der Waals surface area contributed by atoms with Crippen LogP contribution in [0.1, 0.15) is 15.2 Å². The fraction of sp³-hybridized carbons (Fsp3) is 0. The molecule has 0 fully saturated rings. The zero-order chi connectivity index (χ0) is 11.7. The van der Waals surface area contributed by atoms with Crippen molar-refractivity contribution in [2.45, 2.75) is 0 Å². The van der Waals surface area contributed by atoms with Crippen LogP contribution < -0.4 is 5.73 Å². The third-order valence-electron chi connectivity index (χ3n) is 2.06. The van der Waals surface area contributed by atoms with Crippen molar-refractivity contribution in [3.63, 3.8) is 0 Å². The van der Waals surface area contributed by atoms with E-state index >= 15 is 0 Å². The van der Waals surface area contributed by atoms with Crippen LogP contribution in [0, 0.1) is 5.82 Å². The second kappa shape index (κ2) is 4.35. The molecular formula is C11H7BrFNOS. The van der Waals surface area contributed by atoms with Crippen molar-refractivity contribution < 1.29 is 9.18 Å². The van der Waals surface area contributed by atoms with Crippen molar-refractivity contribution in [2.24, 2.45) is 0 Å². The average molecular weight is 300 g/mol. The van der Waals surface area contributed by atoms with Crippen LogP contribution in [0.25, 0.3) is 0 Å². The first-order chi connectivity index (χ1) is 7.58. The summed E-state index contributed by atoms with van der Waals surface area (Å²) in [6.45, 7) is 0. The highest BCUT2D eigenvalue weighted by Gasteiger charge is 2.12. The monoisotopic (exact) mass is 299 g/mol. The summed E-state index contributed by atoms with van der Waals surface area (Å²) in [5.74, 6) is -0.768. The van der Waals surface area contributed by atoms with E-state index in [1.54, 1.807) is 12.1 Å². The summed E-state index contributed by atoms with van der Waals surface area (Å²) in [5.41, 5.74) is 5.69. The molecule has 0 unspecified atom stereocenters. The van der Waals surface area contributed by atoms with E-state index in [9.17, 15) is 9.18 Å². The van der Waals surface area contributed by atoms with Gasteiger partial charge in [0.25, 0.3) is 0 Å². The van der Waals surface area contributed by atoms with Gasteiger partial charge in [0.1, 0.15) is 5.82 Å². The van der Waals surface area contributed by atoms with Gasteiger partial charge in [0.15, 0.2) is 0 Å². The summed E-state index contributed by atoms with van der Waals surface area (Å²) in [7, 11) is 0. The highest BCUT2D eigenvalue weighted by Crippen LogP contribution is 2.25. The predicted molar refractivity (Wildman–Crippen MR) is 66.3 cm³/mol. The Hall–Kier alpha value is -1.20. The summed E-state index contributed by atoms with van der Waals surface area (Å²) in [6, 6.07) is 7.56. The van der Waals surface area contributed by atoms with Crippen LogP contribution in [0.2, 0.25) is 0 Å². The number of hydrogen-bond donors (Lipinski definition) is 1. The summed E-state index contributed by atoms with van der Waals surface area (Å²) >= 11 is 4.59. The Morgan fingerprint density at radius 2 is 2.06 bits per heavy atom. The highest BCUT2D eigenvalue weighted by atomic mass is 79.9. The van der Waals surface area contributed by atoms with Gasteiger partial charge in [0, 0.05) is 5.56 Å². The minimum absolute atomic E-state index is 0.0453. The molecule has 0 bridgehead atoms. The fourth-order valence-electron chi connectivity index (χ4n) is 1.25. The van der Waals surface area contributed by atoms with Gasteiger partial charge in [-0.3, -0.25) is 4.79 Å². The number of benzene rings is 1. The first-order valence-corrected chi connectivity index (χ1v) is 6.04. The third-order valence-corrected chi connectivity index (χ3v) is 3.68. The van der Waals surface area contributed by atoms with Gasteiger partial charge in [-0.2, -0.15) is 0 Å². The molecule has 0 aliphatic carbocycles. The quantitative estimate of drug-likeness (QED) is 0.682. The molecule has 0 spiro atoms. The molecule has 2 N–H and O–H groups in total. The first kappa shape index (κ1) is 11.3. The molecule has 1 aromatic carbocycles. The van der Waals surface area contributed by atoms with E-state index in [2.05, 4.69) is 15.9 Å². The highest BCUT2D eigenvalue weighted by molar-refractivity contribution is 9.11. The van der Waals surface area contributed by atoms with E-state index in [0.717, 1.165) is 9.85 Å². The number of thiophene rings is 1. The van der Waals surface area contributed by atoms with E-state index in [1.165, 1.54) is 23.5 Å². The second-order valence-corrected chi connectivity index (χ2v) is 5.63. The summed E-state index contributed by atoms with van der Waals surface area (Å²) in [4.78, 5) is 12.5. The number of anilines is 1. The normalized spacial score (nSPS) is 10.4. The Bertz CT molecular complexity index is 553. The van der Waals surface area contributed by atoms with Crippen molar-refractivity contribution in [1.29, 1.82) is 0 Å². The summed E-state index contributed by atoms with van der Waals surface area (Å²) in [6.07, 6.45) is 0. The topological polar surface area (TPSA) is 43.1 Å². The molecule has 0 atom stereocenters. The minimum Gasteiger partial charge on any atom is -0.396 e. The van der Waals surface area contributed by atoms with Crippen molar-refractivity contribution in [2.75, 3.05) is 5.73 Å². The molecule has 1 heterocycles. The van der Waals surface area contributed by atoms with Crippen LogP contribution in [0.15, 0.2) is 34.1 Å². The molecule has 1 aromatic heterocycles. The maximum atomic E-state index is 13.2. The molecule has 2 aromatic rings. The van der Waals surface area contributed by atoms with Gasteiger partial charge in [-0.1, -0.05) is 0 Å². The van der Waals surface area contributed by atoms with Crippen molar-refractivity contribution in [1.82, 2.24) is 0 Å². The number of nitrogen functional groups attached to an aromatic ring is 1. The molecule has 16 heavy (non-hydrogen) atoms. The number of rotatable bonds is 2. The smallest absolute Gasteiger partial charge is 0.203 e. The lowest BCUT2D eigenvalue weighted by atomic mass is 10.1. The van der Waals surface area contributed by atoms with E-state index in [0.29, 0.717) is 10.4 Å². The predicted octanol–water partition coefficient (Wildman–Crippen LogP) is 3.46. The van der Waals surface area contributed by atoms with Crippen LogP contribution in [0.4, 0.5) is 10.1 Å². The molecule has 0 saturated heterocycles. The molecule has 0 aliphatic heterocycles. The number of hydrogen-bond acceptors (Lipinski definition) is 3. The number of carbonyl (C=O) groups is 1. The van der Waals surface area contributed by atoms with Crippen LogP contribution in [0.5, 0.6) is 0 Å². The van der Waals surface area contributed by atoms with E-state index in [-0.39, 0.29) is 11.5 Å². The van der Waals surface area contributed by atoms with Gasteiger partial charge in [-0.15, -0.1) is 11.3 Å². The molecule has 2 nitrogen and oxygen atoms in total. The zero-order valence-corrected chi connectivity index (χ0v) is 10.4. The summed E-state index contributed by atoms with van der Waals surface area (Å²) < 4.78 is 14.0. The van der Waals surface area contributed by atoms with Gasteiger partial charge in [0.2, 0.25) is 5.78 Å². The van der Waals surface area contributed by atoms with Crippen LogP contribution in [0.3, 0.4) is 0 Å². The molecular weight excluding hydrogens is 293 g/mol. The second-order valence-electron chi connectivity index (χ2n) is 3.17. The van der Waals surface area contributed by atoms with Crippen molar-refractivity contribution in [3.05, 3.63) is 50.4 Å². The maximum Gasteiger partial charge on any atom is 0.203 e. The van der Waals surface area contributed by atoms with E-state index in [1.807, 2.05) is 0 Å². The van der Waals surface area contributed by atoms with E-state index in [4.69, 9.17) is 5.73 Å². The number of halogens is 2. The Morgan fingerprint density at radius 1 is 1.31 bits per heavy atom. The van der Waals surface area contributed by atoms with Crippen molar-refractivity contribution in [3.8, 4) is 0 Å². The third kappa shape index (κ3) is 2.15. The number of nitrogens with two attached hydrogens (primary N) is 1. The van der Waals surface area contributed by atoms with Crippen molar-refractivity contribution >= 4 is 38.7 Å². The van der Waals surface area contributed by atoms with Crippen LogP contribution in [-0.2, 0) is 0 Å². The lowest BCUT2D eigenvalue weighted by Gasteiger charge is -2.00. The standard InChI is InChI=1S/C11H7BrFNOS/c12-10-4-3-9(16-10)11(15)6-1-2-8(14)7(13)5-6/h1-5H,14H2. The minimum atomic E-state index is -0.568. The first-order valence-electron chi connectivity index (χ1n) is 4.43. The maximum absolute atomic E-state index is 13.2. The Labute approximate surface area is 104 Å². The van der Waals surface area contributed by atoms with Gasteiger partial charge in [-0.05, 0) is 46.3 Å². The van der Waals surface area contributed by atoms with Crippen LogP contribution >= 0.6 is 27.3 Å². The Balaban J connectivity index is 2.38. The lowest BCUT2D eigenvalue weighted by molar-refractivity contribution is 0.104. The average Bonchev–Trinajstić information content (AvgIpc) is 2.68. The van der Waals surface area contributed by atoms with Gasteiger partial charge >= 0.3 is 0 Å². The number of carbonyl (C=O) groups excluding carboxylic acids is 1. The SMILES string of the molecule is Nc1ccc(C(=O)c2ccc(Br)s2)cc1F. The number of ketones is 1. The Morgan fingerprint density at radius 3 is 2.62 bits per heavy atom. The fourth-order valence-corrected chi connectivity index (χ4v) is 2.60. The van der Waals surface area contributed by atoms with Crippen LogP contribution in [-0.4, -0.2) is 5.78 Å². The Kier molecular flexibility index (Phi) is 3.07. The van der Waals surface area contributed by atoms with E-state index < -0.39 is 5.82 Å². The molecule has 0 saturated carbocycles. The molecule has 0 aliphatic rings. The van der Waals surface area contributed by atoms with Gasteiger partial charge in [0.05, 0.1) is 14.4 Å². The lowest BCUT2D eigenvalue weighted by Crippen LogP contribution is -2.00. The molecule has 0 amide bonds. The molecule has 82 valence electrons. The zero-order valence-electron chi connectivity index (χ0n) is 8.04. The molecule has 0 radical (unpaired) electrons. The molecule has 5 heteroatoms. The van der Waals surface area contributed by atoms with Gasteiger partial charge < -0.3 is 5.73 Å². The molecule has 2 rings (SSSR count).